The number of hydrogen-bond donors (Lipinski definition) is 0. The van der Waals surface area contributed by atoms with Crippen molar-refractivity contribution in [2.24, 2.45) is 0 Å². The summed E-state index contributed by atoms with van der Waals surface area (Å²) in [5.41, 5.74) is 8.93. The highest BCUT2D eigenvalue weighted by atomic mass is 32.2. The Balaban J connectivity index is 1.24. The second-order valence-electron chi connectivity index (χ2n) is 13.2. The van der Waals surface area contributed by atoms with Gasteiger partial charge < -0.3 is 0 Å². The third kappa shape index (κ3) is 4.36. The van der Waals surface area contributed by atoms with Gasteiger partial charge in [0.25, 0.3) is 0 Å². The highest BCUT2D eigenvalue weighted by Gasteiger charge is 2.33. The molecule has 0 fully saturated rings. The number of hydrogen-bond acceptors (Lipinski definition) is 4. The number of fused-ring (bicyclic) bond motifs is 8. The number of nitrogens with zero attached hydrogens (tertiary/aromatic N) is 5. The van der Waals surface area contributed by atoms with E-state index in [1.807, 2.05) is 11.8 Å². The SMILES string of the molecule is c1ccc2c(c1)Sc1ccccc1B2c1ccccc1-c1nc(-n2c3ccccc3c3ccccc32)nc(-n2c3ccccc3c3ccccc32)n1. The number of aromatic nitrogens is 5. The molecule has 0 atom stereocenters. The lowest BCUT2D eigenvalue weighted by atomic mass is 9.36. The fraction of sp³-hybridized carbons (Fsp3) is 0. The first-order valence-electron chi connectivity index (χ1n) is 17.5. The largest absolute Gasteiger partial charge is 0.278 e. The van der Waals surface area contributed by atoms with E-state index in [9.17, 15) is 0 Å². The van der Waals surface area contributed by atoms with Crippen LogP contribution < -0.4 is 16.4 Å². The van der Waals surface area contributed by atoms with Gasteiger partial charge >= 0.3 is 0 Å². The minimum atomic E-state index is 0.00925. The lowest BCUT2D eigenvalue weighted by Gasteiger charge is -2.27. The van der Waals surface area contributed by atoms with Gasteiger partial charge in [-0.2, -0.15) is 15.0 Å². The standard InChI is InChI=1S/C45H28BN5S/c1-6-20-34(46-35-21-7-13-27-41(35)52-42-28-14-8-22-36(42)46)33(19-1)43-47-44(50-37-23-9-2-15-29(37)30-16-3-10-24-38(30)50)49-45(48-43)51-39-25-11-4-17-31(39)32-18-5-12-26-40(32)51/h1-28H. The fourth-order valence-electron chi connectivity index (χ4n) is 8.15. The Kier molecular flexibility index (Phi) is 6.51. The summed E-state index contributed by atoms with van der Waals surface area (Å²) in [6.07, 6.45) is 0. The minimum Gasteiger partial charge on any atom is -0.278 e. The molecule has 0 amide bonds. The third-order valence-corrected chi connectivity index (χ3v) is 11.5. The number of rotatable bonds is 4. The van der Waals surface area contributed by atoms with Gasteiger partial charge in [-0.05, 0) is 36.4 Å². The summed E-state index contributed by atoms with van der Waals surface area (Å²) in [5, 5.41) is 4.64. The van der Waals surface area contributed by atoms with E-state index in [1.54, 1.807) is 0 Å². The van der Waals surface area contributed by atoms with Gasteiger partial charge in [-0.3, -0.25) is 9.13 Å². The fourth-order valence-corrected chi connectivity index (χ4v) is 9.29. The predicted molar refractivity (Wildman–Crippen MR) is 216 cm³/mol. The molecule has 10 aromatic rings. The first-order chi connectivity index (χ1) is 25.8. The van der Waals surface area contributed by atoms with Crippen molar-refractivity contribution in [3.05, 3.63) is 170 Å². The van der Waals surface area contributed by atoms with E-state index in [0.29, 0.717) is 17.7 Å². The molecule has 7 heteroatoms. The van der Waals surface area contributed by atoms with Gasteiger partial charge in [-0.15, -0.1) is 0 Å². The van der Waals surface area contributed by atoms with E-state index in [0.717, 1.165) is 54.6 Å². The maximum atomic E-state index is 5.41. The molecule has 0 radical (unpaired) electrons. The highest BCUT2D eigenvalue weighted by molar-refractivity contribution is 8.00. The molecule has 242 valence electrons. The summed E-state index contributed by atoms with van der Waals surface area (Å²) < 4.78 is 4.38. The van der Waals surface area contributed by atoms with Crippen LogP contribution in [0.25, 0.3) is 66.9 Å². The monoisotopic (exact) mass is 681 g/mol. The zero-order valence-electron chi connectivity index (χ0n) is 27.9. The molecule has 5 nitrogen and oxygen atoms in total. The van der Waals surface area contributed by atoms with Gasteiger partial charge in [-0.25, -0.2) is 0 Å². The van der Waals surface area contributed by atoms with E-state index in [4.69, 9.17) is 15.0 Å². The van der Waals surface area contributed by atoms with Crippen molar-refractivity contribution in [1.82, 2.24) is 24.1 Å². The van der Waals surface area contributed by atoms with Crippen molar-refractivity contribution in [2.45, 2.75) is 9.79 Å². The number of para-hydroxylation sites is 4. The average Bonchev–Trinajstić information content (AvgIpc) is 3.73. The van der Waals surface area contributed by atoms with E-state index >= 15 is 0 Å². The topological polar surface area (TPSA) is 48.5 Å². The highest BCUT2D eigenvalue weighted by Crippen LogP contribution is 2.35. The van der Waals surface area contributed by atoms with Crippen LogP contribution >= 0.6 is 11.8 Å². The molecule has 3 aromatic heterocycles. The Bertz CT molecular complexity index is 2750. The van der Waals surface area contributed by atoms with Gasteiger partial charge in [0.15, 0.2) is 5.82 Å². The molecule has 52 heavy (non-hydrogen) atoms. The lowest BCUT2D eigenvalue weighted by Crippen LogP contribution is -2.55. The molecule has 4 heterocycles. The van der Waals surface area contributed by atoms with Crippen molar-refractivity contribution in [2.75, 3.05) is 0 Å². The third-order valence-electron chi connectivity index (χ3n) is 10.4. The van der Waals surface area contributed by atoms with Crippen LogP contribution in [0.5, 0.6) is 0 Å². The summed E-state index contributed by atoms with van der Waals surface area (Å²) >= 11 is 1.84. The minimum absolute atomic E-state index is 0.00925. The second kappa shape index (κ2) is 11.6. The van der Waals surface area contributed by atoms with E-state index < -0.39 is 0 Å². The van der Waals surface area contributed by atoms with Crippen LogP contribution in [0.1, 0.15) is 0 Å². The van der Waals surface area contributed by atoms with E-state index in [-0.39, 0.29) is 6.71 Å². The van der Waals surface area contributed by atoms with Gasteiger partial charge in [0.05, 0.1) is 22.1 Å². The molecule has 1 aliphatic rings. The van der Waals surface area contributed by atoms with E-state index in [1.165, 1.54) is 20.7 Å². The molecule has 0 saturated heterocycles. The zero-order valence-corrected chi connectivity index (χ0v) is 28.7. The maximum Gasteiger partial charge on any atom is 0.245 e. The first-order valence-corrected chi connectivity index (χ1v) is 18.3. The van der Waals surface area contributed by atoms with Crippen LogP contribution in [0.2, 0.25) is 0 Å². The predicted octanol–water partition coefficient (Wildman–Crippen LogP) is 8.71. The van der Waals surface area contributed by atoms with Crippen molar-refractivity contribution >= 4 is 78.5 Å². The van der Waals surface area contributed by atoms with Crippen LogP contribution in [-0.2, 0) is 0 Å². The molecule has 7 aromatic carbocycles. The summed E-state index contributed by atoms with van der Waals surface area (Å²) in [7, 11) is 0. The molecule has 11 rings (SSSR count). The molecule has 1 aliphatic heterocycles. The average molecular weight is 682 g/mol. The van der Waals surface area contributed by atoms with Crippen LogP contribution in [0, 0.1) is 0 Å². The Morgan fingerprint density at radius 1 is 0.365 bits per heavy atom. The van der Waals surface area contributed by atoms with Crippen LogP contribution in [0.15, 0.2) is 180 Å². The van der Waals surface area contributed by atoms with Crippen molar-refractivity contribution < 1.29 is 0 Å². The van der Waals surface area contributed by atoms with Crippen LogP contribution in [0.3, 0.4) is 0 Å². The Morgan fingerprint density at radius 3 is 1.19 bits per heavy atom. The van der Waals surface area contributed by atoms with Crippen LogP contribution in [0.4, 0.5) is 0 Å². The summed E-state index contributed by atoms with van der Waals surface area (Å²) in [6.45, 7) is 0.00925. The van der Waals surface area contributed by atoms with Crippen molar-refractivity contribution in [1.29, 1.82) is 0 Å². The van der Waals surface area contributed by atoms with Gasteiger partial charge in [0.1, 0.15) is 0 Å². The Hall–Kier alpha value is -6.44. The molecule has 0 N–H and O–H groups in total. The van der Waals surface area contributed by atoms with Gasteiger partial charge in [-0.1, -0.05) is 162 Å². The van der Waals surface area contributed by atoms with Crippen molar-refractivity contribution in [3.8, 4) is 23.3 Å². The quantitative estimate of drug-likeness (QED) is 0.175. The molecule has 0 saturated carbocycles. The van der Waals surface area contributed by atoms with Gasteiger partial charge in [0, 0.05) is 36.9 Å². The van der Waals surface area contributed by atoms with Crippen molar-refractivity contribution in [3.63, 3.8) is 0 Å². The number of benzene rings is 7. The van der Waals surface area contributed by atoms with E-state index in [2.05, 4.69) is 179 Å². The molecule has 0 unspecified atom stereocenters. The molecular weight excluding hydrogens is 653 g/mol. The normalized spacial score (nSPS) is 12.5. The zero-order chi connectivity index (χ0) is 34.2. The smallest absolute Gasteiger partial charge is 0.245 e. The molecule has 0 bridgehead atoms. The Morgan fingerprint density at radius 2 is 0.731 bits per heavy atom. The lowest BCUT2D eigenvalue weighted by molar-refractivity contribution is 0.893. The second-order valence-corrected chi connectivity index (χ2v) is 14.3. The molecule has 0 aliphatic carbocycles. The summed E-state index contributed by atoms with van der Waals surface area (Å²) in [6, 6.07) is 60.2. The molecular formula is C45H28BN5S. The first kappa shape index (κ1) is 29.3. The Labute approximate surface area is 304 Å². The van der Waals surface area contributed by atoms with Gasteiger partial charge in [0.2, 0.25) is 18.6 Å². The summed E-state index contributed by atoms with van der Waals surface area (Å²) in [5.74, 6) is 1.79. The summed E-state index contributed by atoms with van der Waals surface area (Å²) in [4.78, 5) is 18.7. The van der Waals surface area contributed by atoms with Crippen LogP contribution in [-0.4, -0.2) is 30.8 Å². The molecule has 0 spiro atoms. The maximum absolute atomic E-state index is 5.41.